The van der Waals surface area contributed by atoms with Crippen LogP contribution in [0.2, 0.25) is 0 Å². The highest BCUT2D eigenvalue weighted by Gasteiger charge is 2.30. The van der Waals surface area contributed by atoms with Crippen LogP contribution in [0, 0.1) is 5.82 Å². The molecule has 4 nitrogen and oxygen atoms in total. The molecular weight excluding hydrogens is 235 g/mol. The number of hydrogen-bond donors (Lipinski definition) is 1. The van der Waals surface area contributed by atoms with Gasteiger partial charge in [-0.1, -0.05) is 0 Å². The van der Waals surface area contributed by atoms with E-state index in [-0.39, 0.29) is 22.8 Å². The van der Waals surface area contributed by atoms with Crippen LogP contribution < -0.4 is 5.73 Å². The quantitative estimate of drug-likeness (QED) is 0.773. The predicted octanol–water partition coefficient (Wildman–Crippen LogP) is 1.66. The third kappa shape index (κ3) is 2.79. The summed E-state index contributed by atoms with van der Waals surface area (Å²) < 4.78 is 18.8. The van der Waals surface area contributed by atoms with E-state index in [4.69, 9.17) is 10.5 Å². The second-order valence-corrected chi connectivity index (χ2v) is 5.11. The highest BCUT2D eigenvalue weighted by Crippen LogP contribution is 2.20. The Kier molecular flexibility index (Phi) is 3.26. The number of nitrogens with zero attached hydrogens (tertiary/aromatic N) is 1. The Bertz CT molecular complexity index is 454. The van der Waals surface area contributed by atoms with Crippen molar-refractivity contribution in [2.45, 2.75) is 19.4 Å². The van der Waals surface area contributed by atoms with Gasteiger partial charge in [-0.25, -0.2) is 4.39 Å². The van der Waals surface area contributed by atoms with Crippen molar-refractivity contribution in [3.63, 3.8) is 0 Å². The van der Waals surface area contributed by atoms with Crippen molar-refractivity contribution in [2.24, 2.45) is 0 Å². The number of rotatable bonds is 1. The fraction of sp³-hybridized carbons (Fsp3) is 0.462. The standard InChI is InChI=1S/C13H17FN2O2/c1-13(2)8-16(3-4-18-13)12(17)9-5-10(14)7-11(15)6-9/h5-7H,3-4,8,15H2,1-2H3. The summed E-state index contributed by atoms with van der Waals surface area (Å²) in [5, 5.41) is 0. The lowest BCUT2D eigenvalue weighted by atomic mass is 10.1. The molecule has 98 valence electrons. The molecule has 0 saturated carbocycles. The van der Waals surface area contributed by atoms with Gasteiger partial charge in [0.05, 0.1) is 12.2 Å². The van der Waals surface area contributed by atoms with Gasteiger partial charge < -0.3 is 15.4 Å². The summed E-state index contributed by atoms with van der Waals surface area (Å²) in [5.74, 6) is -0.705. The molecule has 1 aromatic carbocycles. The Morgan fingerprint density at radius 2 is 2.17 bits per heavy atom. The Hall–Kier alpha value is -1.62. The second kappa shape index (κ2) is 4.57. The van der Waals surface area contributed by atoms with Crippen LogP contribution in [0.4, 0.5) is 10.1 Å². The van der Waals surface area contributed by atoms with Crippen LogP contribution in [0.3, 0.4) is 0 Å². The zero-order valence-electron chi connectivity index (χ0n) is 10.6. The zero-order chi connectivity index (χ0) is 13.3. The lowest BCUT2D eigenvalue weighted by Crippen LogP contribution is -2.50. The number of carbonyl (C=O) groups excluding carboxylic acids is 1. The number of halogens is 1. The highest BCUT2D eigenvalue weighted by molar-refractivity contribution is 5.95. The minimum atomic E-state index is -0.495. The van der Waals surface area contributed by atoms with Gasteiger partial charge in [0.15, 0.2) is 0 Å². The minimum Gasteiger partial charge on any atom is -0.399 e. The third-order valence-electron chi connectivity index (χ3n) is 2.88. The summed E-state index contributed by atoms with van der Waals surface area (Å²) >= 11 is 0. The van der Waals surface area contributed by atoms with Gasteiger partial charge in [0, 0.05) is 24.3 Å². The molecule has 1 aliphatic heterocycles. The van der Waals surface area contributed by atoms with E-state index in [2.05, 4.69) is 0 Å². The van der Waals surface area contributed by atoms with Crippen molar-refractivity contribution in [2.75, 3.05) is 25.4 Å². The van der Waals surface area contributed by atoms with Crippen molar-refractivity contribution >= 4 is 11.6 Å². The summed E-state index contributed by atoms with van der Waals surface area (Å²) in [6.07, 6.45) is 0. The zero-order valence-corrected chi connectivity index (χ0v) is 10.6. The number of nitrogen functional groups attached to an aromatic ring is 1. The number of morpholine rings is 1. The van der Waals surface area contributed by atoms with E-state index in [9.17, 15) is 9.18 Å². The van der Waals surface area contributed by atoms with Gasteiger partial charge in [-0.2, -0.15) is 0 Å². The molecule has 1 fully saturated rings. The van der Waals surface area contributed by atoms with Crippen LogP contribution >= 0.6 is 0 Å². The molecule has 18 heavy (non-hydrogen) atoms. The van der Waals surface area contributed by atoms with E-state index >= 15 is 0 Å². The molecule has 0 unspecified atom stereocenters. The topological polar surface area (TPSA) is 55.6 Å². The first kappa shape index (κ1) is 12.8. The number of benzene rings is 1. The largest absolute Gasteiger partial charge is 0.399 e. The van der Waals surface area contributed by atoms with Crippen LogP contribution in [-0.2, 0) is 4.74 Å². The molecule has 0 aromatic heterocycles. The van der Waals surface area contributed by atoms with Crippen molar-refractivity contribution < 1.29 is 13.9 Å². The molecule has 1 aromatic rings. The Morgan fingerprint density at radius 3 is 2.78 bits per heavy atom. The molecule has 1 aliphatic rings. The molecule has 2 rings (SSSR count). The maximum atomic E-state index is 13.2. The Morgan fingerprint density at radius 1 is 1.44 bits per heavy atom. The average Bonchev–Trinajstić information content (AvgIpc) is 2.25. The predicted molar refractivity (Wildman–Crippen MR) is 66.7 cm³/mol. The van der Waals surface area contributed by atoms with Gasteiger partial charge in [0.2, 0.25) is 0 Å². The summed E-state index contributed by atoms with van der Waals surface area (Å²) in [6, 6.07) is 3.90. The smallest absolute Gasteiger partial charge is 0.254 e. The second-order valence-electron chi connectivity index (χ2n) is 5.11. The summed E-state index contributed by atoms with van der Waals surface area (Å²) in [4.78, 5) is 13.9. The Balaban J connectivity index is 2.20. The van der Waals surface area contributed by atoms with Gasteiger partial charge in [0.25, 0.3) is 5.91 Å². The average molecular weight is 252 g/mol. The fourth-order valence-corrected chi connectivity index (χ4v) is 2.11. The van der Waals surface area contributed by atoms with Gasteiger partial charge in [-0.3, -0.25) is 4.79 Å². The lowest BCUT2D eigenvalue weighted by Gasteiger charge is -2.38. The number of anilines is 1. The number of ether oxygens (including phenoxy) is 1. The molecule has 2 N–H and O–H groups in total. The summed E-state index contributed by atoms with van der Waals surface area (Å²) in [5.41, 5.74) is 5.71. The van der Waals surface area contributed by atoms with Crippen molar-refractivity contribution in [3.8, 4) is 0 Å². The third-order valence-corrected chi connectivity index (χ3v) is 2.88. The molecule has 0 spiro atoms. The maximum Gasteiger partial charge on any atom is 0.254 e. The van der Waals surface area contributed by atoms with E-state index in [1.54, 1.807) is 4.90 Å². The molecule has 0 radical (unpaired) electrons. The molecule has 0 atom stereocenters. The highest BCUT2D eigenvalue weighted by atomic mass is 19.1. The molecule has 1 heterocycles. The van der Waals surface area contributed by atoms with Crippen molar-refractivity contribution in [3.05, 3.63) is 29.6 Å². The minimum absolute atomic E-state index is 0.211. The Labute approximate surface area is 106 Å². The van der Waals surface area contributed by atoms with E-state index in [0.717, 1.165) is 0 Å². The maximum absolute atomic E-state index is 13.2. The normalized spacial score (nSPS) is 18.7. The monoisotopic (exact) mass is 252 g/mol. The SMILES string of the molecule is CC1(C)CN(C(=O)c2cc(N)cc(F)c2)CCO1. The number of hydrogen-bond acceptors (Lipinski definition) is 3. The van der Waals surface area contributed by atoms with Crippen LogP contribution in [0.5, 0.6) is 0 Å². The van der Waals surface area contributed by atoms with Crippen LogP contribution in [0.25, 0.3) is 0 Å². The number of amides is 1. The van der Waals surface area contributed by atoms with E-state index in [0.29, 0.717) is 19.7 Å². The van der Waals surface area contributed by atoms with Crippen LogP contribution in [0.1, 0.15) is 24.2 Å². The van der Waals surface area contributed by atoms with Crippen LogP contribution in [-0.4, -0.2) is 36.1 Å². The van der Waals surface area contributed by atoms with E-state index < -0.39 is 5.82 Å². The van der Waals surface area contributed by atoms with Gasteiger partial charge in [-0.05, 0) is 32.0 Å². The van der Waals surface area contributed by atoms with Crippen LogP contribution in [0.15, 0.2) is 18.2 Å². The molecule has 1 amide bonds. The lowest BCUT2D eigenvalue weighted by molar-refractivity contribution is -0.0764. The molecule has 0 aliphatic carbocycles. The number of carbonyl (C=O) groups is 1. The first-order valence-corrected chi connectivity index (χ1v) is 5.87. The fourth-order valence-electron chi connectivity index (χ4n) is 2.11. The van der Waals surface area contributed by atoms with Gasteiger partial charge >= 0.3 is 0 Å². The first-order chi connectivity index (χ1) is 8.37. The first-order valence-electron chi connectivity index (χ1n) is 5.87. The van der Waals surface area contributed by atoms with Crippen molar-refractivity contribution in [1.82, 2.24) is 4.90 Å². The van der Waals surface area contributed by atoms with E-state index in [1.165, 1.54) is 18.2 Å². The molecule has 5 heteroatoms. The molecular formula is C13H17FN2O2. The van der Waals surface area contributed by atoms with Gasteiger partial charge in [0.1, 0.15) is 5.82 Å². The van der Waals surface area contributed by atoms with E-state index in [1.807, 2.05) is 13.8 Å². The molecule has 0 bridgehead atoms. The summed E-state index contributed by atoms with van der Waals surface area (Å²) in [7, 11) is 0. The van der Waals surface area contributed by atoms with Crippen molar-refractivity contribution in [1.29, 1.82) is 0 Å². The molecule has 1 saturated heterocycles. The van der Waals surface area contributed by atoms with Gasteiger partial charge in [-0.15, -0.1) is 0 Å². The summed E-state index contributed by atoms with van der Waals surface area (Å²) in [6.45, 7) is 5.34. The number of nitrogens with two attached hydrogens (primary N) is 1.